The van der Waals surface area contributed by atoms with Crippen molar-refractivity contribution >= 4 is 5.82 Å². The molecular formula is C2HN5O4. The molecule has 0 fully saturated rings. The molecule has 0 saturated heterocycles. The SMILES string of the molecule is O=[N+]([O-])c1cn([N+](=O)[O-])nn1. The lowest BCUT2D eigenvalue weighted by Gasteiger charge is -1.83. The first-order valence-electron chi connectivity index (χ1n) is 2.32. The minimum absolute atomic E-state index is 0.165. The van der Waals surface area contributed by atoms with Gasteiger partial charge in [-0.15, -0.1) is 0 Å². The summed E-state index contributed by atoms with van der Waals surface area (Å²) in [6.07, 6.45) is 0.611. The molecule has 58 valence electrons. The van der Waals surface area contributed by atoms with Crippen molar-refractivity contribution < 1.29 is 9.96 Å². The summed E-state index contributed by atoms with van der Waals surface area (Å²) in [5, 5.41) is 24.6. The number of nitro groups is 2. The van der Waals surface area contributed by atoms with Gasteiger partial charge in [-0.3, -0.25) is 0 Å². The van der Waals surface area contributed by atoms with Crippen LogP contribution >= 0.6 is 0 Å². The van der Waals surface area contributed by atoms with Crippen molar-refractivity contribution in [1.82, 2.24) is 15.1 Å². The molecule has 0 atom stereocenters. The maximum absolute atomic E-state index is 9.90. The lowest BCUT2D eigenvalue weighted by Crippen LogP contribution is -2.08. The molecule has 0 amide bonds. The Labute approximate surface area is 58.5 Å². The molecule has 0 saturated carbocycles. The highest BCUT2D eigenvalue weighted by molar-refractivity contribution is 5.07. The van der Waals surface area contributed by atoms with Gasteiger partial charge in [0.05, 0.1) is 9.82 Å². The molecule has 1 heterocycles. The second kappa shape index (κ2) is 2.28. The molecular weight excluding hydrogens is 158 g/mol. The van der Waals surface area contributed by atoms with Crippen molar-refractivity contribution in [1.29, 1.82) is 0 Å². The largest absolute Gasteiger partial charge is 0.443 e. The second-order valence-corrected chi connectivity index (χ2v) is 1.49. The molecule has 0 N–H and O–H groups in total. The van der Waals surface area contributed by atoms with Crippen LogP contribution in [0.15, 0.2) is 6.20 Å². The summed E-state index contributed by atoms with van der Waals surface area (Å²) >= 11 is 0. The highest BCUT2D eigenvalue weighted by atomic mass is 16.7. The third-order valence-electron chi connectivity index (χ3n) is 0.824. The van der Waals surface area contributed by atoms with Gasteiger partial charge in [0, 0.05) is 0 Å². The van der Waals surface area contributed by atoms with Crippen LogP contribution < -0.4 is 0 Å². The van der Waals surface area contributed by atoms with Gasteiger partial charge in [0.25, 0.3) is 0 Å². The summed E-state index contributed by atoms with van der Waals surface area (Å²) in [5.41, 5.74) is 0. The first kappa shape index (κ1) is 7.05. The topological polar surface area (TPSA) is 117 Å². The Hall–Kier alpha value is -2.06. The third-order valence-corrected chi connectivity index (χ3v) is 0.824. The molecule has 9 heteroatoms. The van der Waals surface area contributed by atoms with Gasteiger partial charge in [-0.25, -0.2) is 0 Å². The fourth-order valence-electron chi connectivity index (χ4n) is 0.410. The number of hydrogen-bond acceptors (Lipinski definition) is 6. The van der Waals surface area contributed by atoms with Gasteiger partial charge in [-0.05, 0) is 4.92 Å². The van der Waals surface area contributed by atoms with Crippen molar-refractivity contribution in [3.05, 3.63) is 26.4 Å². The van der Waals surface area contributed by atoms with Gasteiger partial charge in [0.15, 0.2) is 0 Å². The van der Waals surface area contributed by atoms with E-state index in [2.05, 4.69) is 10.3 Å². The van der Waals surface area contributed by atoms with E-state index < -0.39 is 15.8 Å². The summed E-state index contributed by atoms with van der Waals surface area (Å²) in [4.78, 5) is 19.1. The van der Waals surface area contributed by atoms with Gasteiger partial charge in [0.1, 0.15) is 0 Å². The molecule has 1 aromatic rings. The van der Waals surface area contributed by atoms with Crippen LogP contribution in [0.1, 0.15) is 0 Å². The molecule has 9 nitrogen and oxygen atoms in total. The number of rotatable bonds is 2. The standard InChI is InChI=1S/C2HN5O4/c8-6(9)2-1-5(4-3-2)7(10)11/h1H. The molecule has 0 aliphatic carbocycles. The van der Waals surface area contributed by atoms with E-state index in [9.17, 15) is 20.2 Å². The van der Waals surface area contributed by atoms with Crippen LogP contribution in [-0.2, 0) is 0 Å². The minimum atomic E-state index is -0.931. The lowest BCUT2D eigenvalue weighted by molar-refractivity contribution is -0.553. The molecule has 0 bridgehead atoms. The number of hydrogen-bond donors (Lipinski definition) is 0. The molecule has 0 unspecified atom stereocenters. The van der Waals surface area contributed by atoms with E-state index in [0.29, 0.717) is 6.20 Å². The summed E-state index contributed by atoms with van der Waals surface area (Å²) < 4.78 is 0. The maximum atomic E-state index is 9.90. The zero-order valence-electron chi connectivity index (χ0n) is 4.95. The first-order chi connectivity index (χ1) is 5.11. The molecule has 0 aliphatic heterocycles. The first-order valence-corrected chi connectivity index (χ1v) is 2.32. The second-order valence-electron chi connectivity index (χ2n) is 1.49. The highest BCUT2D eigenvalue weighted by Crippen LogP contribution is 2.01. The molecule has 1 aromatic heterocycles. The van der Waals surface area contributed by atoms with E-state index in [0.717, 1.165) is 0 Å². The normalized spacial score (nSPS) is 9.45. The van der Waals surface area contributed by atoms with Crippen molar-refractivity contribution in [2.24, 2.45) is 0 Å². The van der Waals surface area contributed by atoms with Crippen molar-refractivity contribution in [2.75, 3.05) is 0 Å². The zero-order valence-corrected chi connectivity index (χ0v) is 4.95. The third kappa shape index (κ3) is 1.26. The van der Waals surface area contributed by atoms with Crippen molar-refractivity contribution in [2.45, 2.75) is 0 Å². The predicted molar refractivity (Wildman–Crippen MR) is 29.1 cm³/mol. The van der Waals surface area contributed by atoms with Crippen LogP contribution in [0.25, 0.3) is 0 Å². The Morgan fingerprint density at radius 3 is 2.36 bits per heavy atom. The number of aromatic nitrogens is 3. The molecule has 11 heavy (non-hydrogen) atoms. The van der Waals surface area contributed by atoms with Gasteiger partial charge < -0.3 is 20.2 Å². The Bertz CT molecular complexity index is 275. The van der Waals surface area contributed by atoms with E-state index in [1.165, 1.54) is 0 Å². The average molecular weight is 159 g/mol. The van der Waals surface area contributed by atoms with Crippen LogP contribution in [-0.4, -0.2) is 25.1 Å². The quantitative estimate of drug-likeness (QED) is 0.412. The van der Waals surface area contributed by atoms with E-state index in [4.69, 9.17) is 0 Å². The Balaban J connectivity index is 2.99. The molecule has 0 aromatic carbocycles. The van der Waals surface area contributed by atoms with Crippen LogP contribution in [0.3, 0.4) is 0 Å². The minimum Gasteiger partial charge on any atom is -0.358 e. The summed E-state index contributed by atoms with van der Waals surface area (Å²) in [7, 11) is 0. The van der Waals surface area contributed by atoms with Crippen LogP contribution in [0.4, 0.5) is 5.82 Å². The highest BCUT2D eigenvalue weighted by Gasteiger charge is 2.20. The molecule has 0 spiro atoms. The van der Waals surface area contributed by atoms with Crippen molar-refractivity contribution in [3.63, 3.8) is 0 Å². The fraction of sp³-hybridized carbons (Fsp3) is 0. The number of nitrogens with zero attached hydrogens (tertiary/aromatic N) is 5. The van der Waals surface area contributed by atoms with E-state index >= 15 is 0 Å². The predicted octanol–water partition coefficient (Wildman–Crippen LogP) is -0.774. The lowest BCUT2D eigenvalue weighted by atomic mass is 10.8. The summed E-state index contributed by atoms with van der Waals surface area (Å²) in [6.45, 7) is 0. The van der Waals surface area contributed by atoms with Crippen LogP contribution in [0.5, 0.6) is 0 Å². The molecule has 0 aliphatic rings. The van der Waals surface area contributed by atoms with Crippen molar-refractivity contribution in [3.8, 4) is 0 Å². The zero-order chi connectivity index (χ0) is 8.43. The Morgan fingerprint density at radius 2 is 2.09 bits per heavy atom. The monoisotopic (exact) mass is 159 g/mol. The van der Waals surface area contributed by atoms with E-state index in [-0.39, 0.29) is 4.79 Å². The molecule has 1 rings (SSSR count). The Morgan fingerprint density at radius 1 is 1.45 bits per heavy atom. The smallest absolute Gasteiger partial charge is 0.358 e. The molecule has 0 radical (unpaired) electrons. The van der Waals surface area contributed by atoms with Gasteiger partial charge in [-0.2, -0.15) is 0 Å². The van der Waals surface area contributed by atoms with E-state index in [1.54, 1.807) is 0 Å². The fourth-order valence-corrected chi connectivity index (χ4v) is 0.410. The summed E-state index contributed by atoms with van der Waals surface area (Å²) in [5.74, 6) is -0.651. The average Bonchev–Trinajstić information content (AvgIpc) is 2.33. The van der Waals surface area contributed by atoms with Crippen LogP contribution in [0, 0.1) is 20.2 Å². The van der Waals surface area contributed by atoms with Crippen LogP contribution in [0.2, 0.25) is 0 Å². The van der Waals surface area contributed by atoms with Gasteiger partial charge in [-0.1, -0.05) is 0 Å². The van der Waals surface area contributed by atoms with E-state index in [1.807, 2.05) is 0 Å². The van der Waals surface area contributed by atoms with Gasteiger partial charge in [0.2, 0.25) is 11.3 Å². The van der Waals surface area contributed by atoms with Gasteiger partial charge >= 0.3 is 11.0 Å². The Kier molecular flexibility index (Phi) is 1.46. The maximum Gasteiger partial charge on any atom is 0.443 e. The summed E-state index contributed by atoms with van der Waals surface area (Å²) in [6, 6.07) is 0.